The zero-order valence-electron chi connectivity index (χ0n) is 10.7. The number of nitrogens with zero attached hydrogens (tertiary/aromatic N) is 3. The van der Waals surface area contributed by atoms with E-state index in [1.165, 1.54) is 44.9 Å². The number of halogens is 1. The summed E-state index contributed by atoms with van der Waals surface area (Å²) >= 11 is 3.61. The van der Waals surface area contributed by atoms with Gasteiger partial charge < -0.3 is 4.90 Å². The van der Waals surface area contributed by atoms with Crippen molar-refractivity contribution in [2.24, 2.45) is 5.92 Å². The summed E-state index contributed by atoms with van der Waals surface area (Å²) in [5.41, 5.74) is 0. The highest BCUT2D eigenvalue weighted by molar-refractivity contribution is 9.10. The Hall–Kier alpha value is -0.640. The molecular formula is C14H20BrN3. The zero-order valence-corrected chi connectivity index (χ0v) is 12.3. The standard InChI is InChI=1S/C14H20BrN3/c15-12-9-16-10-17-14(12)18-8-4-3-6-11-5-1-2-7-13(11)18/h9-11,13H,1-8H2/t11-,13-/m0/s1. The molecule has 3 rings (SSSR count). The molecule has 0 aromatic carbocycles. The lowest BCUT2D eigenvalue weighted by Gasteiger charge is -2.39. The van der Waals surface area contributed by atoms with Crippen LogP contribution in [0.15, 0.2) is 17.0 Å². The van der Waals surface area contributed by atoms with Gasteiger partial charge in [0.1, 0.15) is 12.1 Å². The van der Waals surface area contributed by atoms with Crippen molar-refractivity contribution in [2.75, 3.05) is 11.4 Å². The molecule has 2 heterocycles. The molecule has 1 aromatic heterocycles. The Balaban J connectivity index is 1.90. The van der Waals surface area contributed by atoms with Gasteiger partial charge in [-0.05, 0) is 47.5 Å². The summed E-state index contributed by atoms with van der Waals surface area (Å²) in [4.78, 5) is 11.1. The van der Waals surface area contributed by atoms with E-state index in [9.17, 15) is 0 Å². The Morgan fingerprint density at radius 2 is 1.89 bits per heavy atom. The molecule has 98 valence electrons. The molecule has 1 saturated heterocycles. The fraction of sp³-hybridized carbons (Fsp3) is 0.714. The molecule has 1 aromatic rings. The lowest BCUT2D eigenvalue weighted by molar-refractivity contribution is 0.290. The quantitative estimate of drug-likeness (QED) is 0.790. The van der Waals surface area contributed by atoms with E-state index in [-0.39, 0.29) is 0 Å². The van der Waals surface area contributed by atoms with E-state index < -0.39 is 0 Å². The predicted octanol–water partition coefficient (Wildman–Crippen LogP) is 3.79. The van der Waals surface area contributed by atoms with Gasteiger partial charge in [0, 0.05) is 18.8 Å². The Labute approximate surface area is 117 Å². The number of fused-ring (bicyclic) bond motifs is 1. The highest BCUT2D eigenvalue weighted by Crippen LogP contribution is 2.37. The van der Waals surface area contributed by atoms with Crippen LogP contribution < -0.4 is 4.90 Å². The summed E-state index contributed by atoms with van der Waals surface area (Å²) in [5, 5.41) is 0. The normalized spacial score (nSPS) is 28.6. The molecule has 0 unspecified atom stereocenters. The third kappa shape index (κ3) is 2.40. The molecule has 0 N–H and O–H groups in total. The second kappa shape index (κ2) is 5.55. The Bertz CT molecular complexity index is 410. The molecule has 0 bridgehead atoms. The van der Waals surface area contributed by atoms with Crippen molar-refractivity contribution in [3.8, 4) is 0 Å². The average Bonchev–Trinajstić information content (AvgIpc) is 2.62. The molecule has 2 aliphatic rings. The second-order valence-corrected chi connectivity index (χ2v) is 6.35. The third-order valence-corrected chi connectivity index (χ3v) is 4.97. The molecule has 4 heteroatoms. The number of anilines is 1. The summed E-state index contributed by atoms with van der Waals surface area (Å²) in [6.45, 7) is 1.15. The van der Waals surface area contributed by atoms with Gasteiger partial charge in [0.2, 0.25) is 0 Å². The fourth-order valence-electron chi connectivity index (χ4n) is 3.57. The van der Waals surface area contributed by atoms with Gasteiger partial charge in [0.05, 0.1) is 4.47 Å². The number of hydrogen-bond acceptors (Lipinski definition) is 3. The van der Waals surface area contributed by atoms with Crippen LogP contribution in [0.4, 0.5) is 5.82 Å². The number of aromatic nitrogens is 2. The molecule has 0 spiro atoms. The molecule has 0 amide bonds. The van der Waals surface area contributed by atoms with Gasteiger partial charge in [-0.3, -0.25) is 0 Å². The smallest absolute Gasteiger partial charge is 0.146 e. The minimum atomic E-state index is 0.701. The first kappa shape index (κ1) is 12.4. The van der Waals surface area contributed by atoms with Crippen LogP contribution in [-0.4, -0.2) is 22.6 Å². The van der Waals surface area contributed by atoms with E-state index >= 15 is 0 Å². The third-order valence-electron chi connectivity index (χ3n) is 4.41. The molecule has 2 fully saturated rings. The van der Waals surface area contributed by atoms with Crippen LogP contribution in [0, 0.1) is 5.92 Å². The molecule has 1 aliphatic carbocycles. The van der Waals surface area contributed by atoms with Crippen LogP contribution in [0.2, 0.25) is 0 Å². The van der Waals surface area contributed by atoms with Gasteiger partial charge >= 0.3 is 0 Å². The van der Waals surface area contributed by atoms with Crippen molar-refractivity contribution in [1.29, 1.82) is 0 Å². The second-order valence-electron chi connectivity index (χ2n) is 5.50. The minimum Gasteiger partial charge on any atom is -0.352 e. The van der Waals surface area contributed by atoms with Gasteiger partial charge in [-0.1, -0.05) is 19.3 Å². The molecular weight excluding hydrogens is 290 g/mol. The van der Waals surface area contributed by atoms with E-state index in [1.807, 2.05) is 6.20 Å². The molecule has 18 heavy (non-hydrogen) atoms. The molecule has 1 saturated carbocycles. The predicted molar refractivity (Wildman–Crippen MR) is 76.7 cm³/mol. The van der Waals surface area contributed by atoms with E-state index in [4.69, 9.17) is 0 Å². The lowest BCUT2D eigenvalue weighted by Crippen LogP contribution is -2.42. The lowest BCUT2D eigenvalue weighted by atomic mass is 9.82. The first-order valence-electron chi connectivity index (χ1n) is 7.08. The average molecular weight is 310 g/mol. The van der Waals surface area contributed by atoms with Crippen LogP contribution in [0.5, 0.6) is 0 Å². The van der Waals surface area contributed by atoms with Crippen molar-refractivity contribution in [2.45, 2.75) is 51.0 Å². The van der Waals surface area contributed by atoms with Crippen LogP contribution in [-0.2, 0) is 0 Å². The SMILES string of the molecule is Brc1cncnc1N1CCCC[C@@H]2CCCC[C@@H]21. The van der Waals surface area contributed by atoms with Gasteiger partial charge in [0.25, 0.3) is 0 Å². The van der Waals surface area contributed by atoms with Crippen LogP contribution >= 0.6 is 15.9 Å². The highest BCUT2D eigenvalue weighted by atomic mass is 79.9. The Morgan fingerprint density at radius 1 is 1.11 bits per heavy atom. The maximum absolute atomic E-state index is 4.50. The summed E-state index contributed by atoms with van der Waals surface area (Å²) in [6, 6.07) is 0.701. The monoisotopic (exact) mass is 309 g/mol. The first-order valence-corrected chi connectivity index (χ1v) is 7.87. The van der Waals surface area contributed by atoms with E-state index in [0.717, 1.165) is 22.8 Å². The first-order chi connectivity index (χ1) is 8.86. The van der Waals surface area contributed by atoms with Crippen molar-refractivity contribution < 1.29 is 0 Å². The maximum atomic E-state index is 4.50. The summed E-state index contributed by atoms with van der Waals surface area (Å²) in [5.74, 6) is 1.98. The highest BCUT2D eigenvalue weighted by Gasteiger charge is 2.33. The molecule has 2 atom stereocenters. The van der Waals surface area contributed by atoms with Crippen molar-refractivity contribution in [3.05, 3.63) is 17.0 Å². The van der Waals surface area contributed by atoms with Crippen LogP contribution in [0.1, 0.15) is 44.9 Å². The van der Waals surface area contributed by atoms with Gasteiger partial charge in [-0.15, -0.1) is 0 Å². The van der Waals surface area contributed by atoms with Crippen LogP contribution in [0.25, 0.3) is 0 Å². The Kier molecular flexibility index (Phi) is 3.83. The van der Waals surface area contributed by atoms with Crippen molar-refractivity contribution in [1.82, 2.24) is 9.97 Å². The molecule has 0 radical (unpaired) electrons. The van der Waals surface area contributed by atoms with Gasteiger partial charge in [0.15, 0.2) is 0 Å². The van der Waals surface area contributed by atoms with E-state index in [1.54, 1.807) is 6.33 Å². The Morgan fingerprint density at radius 3 is 2.72 bits per heavy atom. The number of hydrogen-bond donors (Lipinski definition) is 0. The topological polar surface area (TPSA) is 29.0 Å². The molecule has 3 nitrogen and oxygen atoms in total. The summed E-state index contributed by atoms with van der Waals surface area (Å²) in [7, 11) is 0. The summed E-state index contributed by atoms with van der Waals surface area (Å²) in [6.07, 6.45) is 13.1. The number of rotatable bonds is 1. The zero-order chi connectivity index (χ0) is 12.4. The van der Waals surface area contributed by atoms with Crippen molar-refractivity contribution >= 4 is 21.7 Å². The van der Waals surface area contributed by atoms with E-state index in [2.05, 4.69) is 30.8 Å². The fourth-order valence-corrected chi connectivity index (χ4v) is 4.02. The minimum absolute atomic E-state index is 0.701. The van der Waals surface area contributed by atoms with Gasteiger partial charge in [-0.25, -0.2) is 9.97 Å². The largest absolute Gasteiger partial charge is 0.352 e. The summed E-state index contributed by atoms with van der Waals surface area (Å²) < 4.78 is 1.04. The van der Waals surface area contributed by atoms with Crippen molar-refractivity contribution in [3.63, 3.8) is 0 Å². The van der Waals surface area contributed by atoms with Crippen LogP contribution in [0.3, 0.4) is 0 Å². The maximum Gasteiger partial charge on any atom is 0.146 e. The van der Waals surface area contributed by atoms with Gasteiger partial charge in [-0.2, -0.15) is 0 Å². The molecule has 1 aliphatic heterocycles. The van der Waals surface area contributed by atoms with E-state index in [0.29, 0.717) is 6.04 Å².